The molecule has 4 heterocycles. The molecule has 152 valence electrons. The van der Waals surface area contributed by atoms with Crippen molar-refractivity contribution in [2.24, 2.45) is 12.5 Å². The van der Waals surface area contributed by atoms with E-state index < -0.39 is 0 Å². The Hall–Kier alpha value is -3.26. The van der Waals surface area contributed by atoms with Crippen LogP contribution in [-0.2, 0) is 7.05 Å². The maximum atomic E-state index is 6.30. The van der Waals surface area contributed by atoms with Crippen molar-refractivity contribution < 1.29 is 4.74 Å². The number of piperidine rings is 1. The lowest BCUT2D eigenvalue weighted by Gasteiger charge is -2.32. The van der Waals surface area contributed by atoms with Crippen LogP contribution in [0.15, 0.2) is 42.9 Å². The molecular weight excluding hydrogens is 378 g/mol. The Morgan fingerprint density at radius 2 is 2.10 bits per heavy atom. The zero-order valence-electron chi connectivity index (χ0n) is 16.8. The highest BCUT2D eigenvalue weighted by atomic mass is 16.5. The van der Waals surface area contributed by atoms with Gasteiger partial charge in [-0.25, -0.2) is 4.98 Å². The van der Waals surface area contributed by atoms with E-state index in [2.05, 4.69) is 37.7 Å². The van der Waals surface area contributed by atoms with E-state index in [0.29, 0.717) is 17.0 Å². The van der Waals surface area contributed by atoms with Gasteiger partial charge in [-0.15, -0.1) is 0 Å². The summed E-state index contributed by atoms with van der Waals surface area (Å²) >= 11 is 0. The molecule has 1 aliphatic heterocycles. The van der Waals surface area contributed by atoms with Crippen molar-refractivity contribution in [3.8, 4) is 28.5 Å². The molecule has 2 fully saturated rings. The molecule has 0 unspecified atom stereocenters. The number of rotatable bonds is 4. The summed E-state index contributed by atoms with van der Waals surface area (Å²) in [5.74, 6) is 0.561. The third-order valence-electron chi connectivity index (χ3n) is 6.50. The lowest BCUT2D eigenvalue weighted by Crippen LogP contribution is -2.45. The summed E-state index contributed by atoms with van der Waals surface area (Å²) in [5.41, 5.74) is 4.89. The number of aromatic nitrogens is 6. The van der Waals surface area contributed by atoms with Gasteiger partial charge in [0, 0.05) is 36.2 Å². The summed E-state index contributed by atoms with van der Waals surface area (Å²) in [6.45, 7) is 1.94. The molecule has 2 N–H and O–H groups in total. The van der Waals surface area contributed by atoms with E-state index in [1.165, 1.54) is 19.3 Å². The second kappa shape index (κ2) is 6.63. The summed E-state index contributed by atoms with van der Waals surface area (Å²) in [4.78, 5) is 9.14. The summed E-state index contributed by atoms with van der Waals surface area (Å²) in [7, 11) is 1.94. The summed E-state index contributed by atoms with van der Waals surface area (Å²) in [5, 5.41) is 16.3. The fraction of sp³-hybridized carbons (Fsp3) is 0.364. The Balaban J connectivity index is 1.35. The maximum absolute atomic E-state index is 6.30. The van der Waals surface area contributed by atoms with Crippen molar-refractivity contribution in [1.82, 2.24) is 35.3 Å². The van der Waals surface area contributed by atoms with Crippen molar-refractivity contribution in [2.75, 3.05) is 13.1 Å². The van der Waals surface area contributed by atoms with Crippen LogP contribution in [0.4, 0.5) is 0 Å². The van der Waals surface area contributed by atoms with Crippen LogP contribution in [0.5, 0.6) is 5.88 Å². The van der Waals surface area contributed by atoms with Gasteiger partial charge in [-0.05, 0) is 44.0 Å². The predicted molar refractivity (Wildman–Crippen MR) is 113 cm³/mol. The first kappa shape index (κ1) is 17.6. The Morgan fingerprint density at radius 3 is 2.93 bits per heavy atom. The molecule has 1 atom stereocenters. The molecule has 3 aromatic heterocycles. The highest BCUT2D eigenvalue weighted by molar-refractivity contribution is 5.94. The van der Waals surface area contributed by atoms with E-state index in [0.717, 1.165) is 40.9 Å². The first-order valence-corrected chi connectivity index (χ1v) is 10.4. The van der Waals surface area contributed by atoms with Crippen LogP contribution >= 0.6 is 0 Å². The molecule has 1 saturated carbocycles. The zero-order valence-corrected chi connectivity index (χ0v) is 16.8. The molecule has 1 spiro atoms. The number of aromatic amines is 1. The van der Waals surface area contributed by atoms with Crippen LogP contribution in [0.25, 0.3) is 33.5 Å². The van der Waals surface area contributed by atoms with Crippen molar-refractivity contribution in [1.29, 1.82) is 0 Å². The van der Waals surface area contributed by atoms with Gasteiger partial charge in [0.25, 0.3) is 0 Å². The molecule has 8 nitrogen and oxygen atoms in total. The molecule has 0 bridgehead atoms. The minimum Gasteiger partial charge on any atom is -0.471 e. The van der Waals surface area contributed by atoms with Crippen LogP contribution < -0.4 is 10.1 Å². The average Bonchev–Trinajstić information content (AvgIpc) is 3.19. The predicted octanol–water partition coefficient (Wildman–Crippen LogP) is 2.94. The van der Waals surface area contributed by atoms with Gasteiger partial charge >= 0.3 is 0 Å². The SMILES string of the molecule is Cn1nccc1-c1ccc2[nH]nc(-c3cncc(O[C@H]4CNCCC45CC5)n3)c2c1. The van der Waals surface area contributed by atoms with Crippen LogP contribution in [0.3, 0.4) is 0 Å². The first-order valence-electron chi connectivity index (χ1n) is 10.4. The molecule has 30 heavy (non-hydrogen) atoms. The van der Waals surface area contributed by atoms with Crippen molar-refractivity contribution in [3.05, 3.63) is 42.9 Å². The van der Waals surface area contributed by atoms with Crippen molar-refractivity contribution >= 4 is 10.9 Å². The fourth-order valence-corrected chi connectivity index (χ4v) is 4.54. The quantitative estimate of drug-likeness (QED) is 0.546. The van der Waals surface area contributed by atoms with Crippen LogP contribution in [0, 0.1) is 5.41 Å². The second-order valence-corrected chi connectivity index (χ2v) is 8.34. The Bertz CT molecular complexity index is 1220. The van der Waals surface area contributed by atoms with E-state index in [9.17, 15) is 0 Å². The highest BCUT2D eigenvalue weighted by Gasteiger charge is 2.52. The summed E-state index contributed by atoms with van der Waals surface area (Å²) in [6, 6.07) is 8.22. The van der Waals surface area contributed by atoms with Crippen molar-refractivity contribution in [3.63, 3.8) is 0 Å². The normalized spacial score (nSPS) is 20.0. The second-order valence-electron chi connectivity index (χ2n) is 8.34. The highest BCUT2D eigenvalue weighted by Crippen LogP contribution is 2.53. The molecule has 4 aromatic rings. The number of benzene rings is 1. The molecular formula is C22H23N7O. The molecule has 0 amide bonds. The molecule has 1 aromatic carbocycles. The molecule has 6 rings (SSSR count). The Labute approximate surface area is 173 Å². The van der Waals surface area contributed by atoms with Gasteiger partial charge in [0.2, 0.25) is 5.88 Å². The fourth-order valence-electron chi connectivity index (χ4n) is 4.54. The smallest absolute Gasteiger partial charge is 0.233 e. The van der Waals surface area contributed by atoms with Crippen LogP contribution in [0.2, 0.25) is 0 Å². The van der Waals surface area contributed by atoms with Gasteiger partial charge in [-0.3, -0.25) is 14.8 Å². The lowest BCUT2D eigenvalue weighted by atomic mass is 9.92. The van der Waals surface area contributed by atoms with Gasteiger partial charge in [0.05, 0.1) is 23.6 Å². The van der Waals surface area contributed by atoms with Gasteiger partial charge < -0.3 is 10.1 Å². The number of ether oxygens (including phenoxy) is 1. The largest absolute Gasteiger partial charge is 0.471 e. The minimum absolute atomic E-state index is 0.156. The van der Waals surface area contributed by atoms with Crippen LogP contribution in [-0.4, -0.2) is 49.1 Å². The number of hydrogen-bond acceptors (Lipinski definition) is 6. The van der Waals surface area contributed by atoms with E-state index >= 15 is 0 Å². The molecule has 0 radical (unpaired) electrons. The third-order valence-corrected chi connectivity index (χ3v) is 6.50. The van der Waals surface area contributed by atoms with E-state index in [-0.39, 0.29) is 6.10 Å². The topological polar surface area (TPSA) is 93.5 Å². The Kier molecular flexibility index (Phi) is 3.89. The van der Waals surface area contributed by atoms with Gasteiger partial charge in [-0.2, -0.15) is 10.2 Å². The van der Waals surface area contributed by atoms with Crippen molar-refractivity contribution in [2.45, 2.75) is 25.4 Å². The number of fused-ring (bicyclic) bond motifs is 1. The lowest BCUT2D eigenvalue weighted by molar-refractivity contribution is 0.0844. The number of nitrogens with zero attached hydrogens (tertiary/aromatic N) is 5. The zero-order chi connectivity index (χ0) is 20.1. The molecule has 1 saturated heterocycles. The number of aryl methyl sites for hydroxylation is 1. The number of H-pyrrole nitrogens is 1. The molecule has 8 heteroatoms. The summed E-state index contributed by atoms with van der Waals surface area (Å²) < 4.78 is 8.16. The Morgan fingerprint density at radius 1 is 1.17 bits per heavy atom. The standard InChI is InChI=1S/C22H23N7O/c1-29-18(4-8-25-29)14-2-3-16-15(10-14)21(28-27-16)17-11-24-13-20(26-17)30-19-12-23-9-7-22(19)5-6-22/h2-4,8,10-11,13,19,23H,5-7,9,12H2,1H3,(H,27,28)/t19-/m0/s1. The van der Waals surface area contributed by atoms with E-state index in [1.807, 2.05) is 23.9 Å². The van der Waals surface area contributed by atoms with Gasteiger partial charge in [0.1, 0.15) is 17.5 Å². The van der Waals surface area contributed by atoms with E-state index in [1.54, 1.807) is 18.6 Å². The van der Waals surface area contributed by atoms with E-state index in [4.69, 9.17) is 9.72 Å². The first-order chi connectivity index (χ1) is 14.7. The average molecular weight is 401 g/mol. The number of hydrogen-bond donors (Lipinski definition) is 2. The molecule has 1 aliphatic carbocycles. The minimum atomic E-state index is 0.156. The summed E-state index contributed by atoms with van der Waals surface area (Å²) in [6.07, 6.45) is 9.05. The monoisotopic (exact) mass is 401 g/mol. The van der Waals surface area contributed by atoms with Gasteiger partial charge in [0.15, 0.2) is 0 Å². The molecule has 2 aliphatic rings. The van der Waals surface area contributed by atoms with Crippen LogP contribution in [0.1, 0.15) is 19.3 Å². The van der Waals surface area contributed by atoms with Gasteiger partial charge in [-0.1, -0.05) is 6.07 Å². The third kappa shape index (κ3) is 2.87. The number of nitrogens with one attached hydrogen (secondary N) is 2. The maximum Gasteiger partial charge on any atom is 0.233 e.